The van der Waals surface area contributed by atoms with Gasteiger partial charge in [0.15, 0.2) is 5.13 Å². The molecule has 2 aromatic heterocycles. The van der Waals surface area contributed by atoms with Crippen LogP contribution in [-0.2, 0) is 0 Å². The number of hydrogen-bond acceptors (Lipinski definition) is 4. The number of aliphatic imine (C=N–C) groups is 1. The average Bonchev–Trinajstić information content (AvgIpc) is 2.99. The number of pyridine rings is 1. The number of aryl methyl sites for hydroxylation is 3. The highest BCUT2D eigenvalue weighted by Crippen LogP contribution is 2.26. The molecule has 0 unspecified atom stereocenters. The van der Waals surface area contributed by atoms with E-state index in [2.05, 4.69) is 39.7 Å². The van der Waals surface area contributed by atoms with Crippen molar-refractivity contribution in [2.45, 2.75) is 58.9 Å². The monoisotopic (exact) mass is 393 g/mol. The van der Waals surface area contributed by atoms with E-state index in [4.69, 9.17) is 4.99 Å². The molecule has 0 saturated heterocycles. The van der Waals surface area contributed by atoms with Gasteiger partial charge in [-0.1, -0.05) is 37.5 Å². The van der Waals surface area contributed by atoms with Crippen LogP contribution in [0.4, 0.5) is 10.8 Å². The fourth-order valence-corrected chi connectivity index (χ4v) is 4.47. The van der Waals surface area contributed by atoms with Crippen molar-refractivity contribution in [1.29, 1.82) is 0 Å². The maximum Gasteiger partial charge on any atom is 0.202 e. The zero-order valence-electron chi connectivity index (χ0n) is 16.7. The SMILES string of the molecule is Cc1cc(NC(=NC2CCCCC2)Nc2nc(C)c(C)s2)c2ccccc2n1. The van der Waals surface area contributed by atoms with Crippen molar-refractivity contribution in [3.63, 3.8) is 0 Å². The smallest absolute Gasteiger partial charge is 0.202 e. The Morgan fingerprint density at radius 1 is 1.04 bits per heavy atom. The summed E-state index contributed by atoms with van der Waals surface area (Å²) in [5, 5.41) is 8.98. The van der Waals surface area contributed by atoms with Crippen LogP contribution in [0, 0.1) is 20.8 Å². The molecule has 2 heterocycles. The van der Waals surface area contributed by atoms with E-state index >= 15 is 0 Å². The standard InChI is InChI=1S/C22H27N5S/c1-14-13-20(18-11-7-8-12-19(18)23-14)26-21(25-17-9-5-4-6-10-17)27-22-24-15(2)16(3)28-22/h7-8,11-13,17H,4-6,9-10H2,1-3H3,(H2,23,24,25,26,27). The number of para-hydroxylation sites is 1. The Morgan fingerprint density at radius 2 is 1.82 bits per heavy atom. The summed E-state index contributed by atoms with van der Waals surface area (Å²) >= 11 is 1.67. The molecule has 0 amide bonds. The first kappa shape index (κ1) is 18.9. The molecule has 6 heteroatoms. The molecule has 0 spiro atoms. The summed E-state index contributed by atoms with van der Waals surface area (Å²) in [6.45, 7) is 6.17. The second kappa shape index (κ2) is 8.27. The molecule has 1 saturated carbocycles. The molecule has 1 aliphatic carbocycles. The normalized spacial score (nSPS) is 15.8. The highest BCUT2D eigenvalue weighted by molar-refractivity contribution is 7.15. The van der Waals surface area contributed by atoms with Gasteiger partial charge in [0.1, 0.15) is 0 Å². The van der Waals surface area contributed by atoms with Crippen LogP contribution in [0.3, 0.4) is 0 Å². The van der Waals surface area contributed by atoms with Crippen LogP contribution in [-0.4, -0.2) is 22.0 Å². The van der Waals surface area contributed by atoms with Gasteiger partial charge < -0.3 is 10.6 Å². The molecule has 1 aromatic carbocycles. The summed E-state index contributed by atoms with van der Waals surface area (Å²) in [7, 11) is 0. The van der Waals surface area contributed by atoms with Gasteiger partial charge in [-0.2, -0.15) is 0 Å². The Hall–Kier alpha value is -2.47. The molecule has 5 nitrogen and oxygen atoms in total. The summed E-state index contributed by atoms with van der Waals surface area (Å²) in [5.41, 5.74) is 4.06. The quantitative estimate of drug-likeness (QED) is 0.434. The van der Waals surface area contributed by atoms with Crippen molar-refractivity contribution >= 4 is 39.0 Å². The second-order valence-corrected chi connectivity index (χ2v) is 8.71. The van der Waals surface area contributed by atoms with Gasteiger partial charge in [0.05, 0.1) is 22.9 Å². The van der Waals surface area contributed by atoms with Gasteiger partial charge in [-0.15, -0.1) is 11.3 Å². The van der Waals surface area contributed by atoms with E-state index in [0.717, 1.165) is 51.9 Å². The number of fused-ring (bicyclic) bond motifs is 1. The lowest BCUT2D eigenvalue weighted by molar-refractivity contribution is 0.443. The molecule has 1 aliphatic rings. The van der Waals surface area contributed by atoms with Crippen LogP contribution in [0.25, 0.3) is 10.9 Å². The van der Waals surface area contributed by atoms with Crippen LogP contribution in [0.5, 0.6) is 0 Å². The Labute approximate surface area is 170 Å². The van der Waals surface area contributed by atoms with E-state index in [1.165, 1.54) is 24.1 Å². The molecule has 0 atom stereocenters. The number of guanidine groups is 1. The number of thiazole rings is 1. The lowest BCUT2D eigenvalue weighted by Gasteiger charge is -2.20. The topological polar surface area (TPSA) is 62.2 Å². The average molecular weight is 394 g/mol. The Bertz CT molecular complexity index is 982. The molecule has 0 bridgehead atoms. The molecule has 146 valence electrons. The van der Waals surface area contributed by atoms with Gasteiger partial charge in [-0.3, -0.25) is 4.98 Å². The minimum Gasteiger partial charge on any atom is -0.325 e. The molecule has 0 aliphatic heterocycles. The molecule has 0 radical (unpaired) electrons. The Balaban J connectivity index is 1.68. The van der Waals surface area contributed by atoms with Gasteiger partial charge in [0, 0.05) is 16.0 Å². The van der Waals surface area contributed by atoms with Crippen LogP contribution in [0.15, 0.2) is 35.3 Å². The second-order valence-electron chi connectivity index (χ2n) is 7.51. The van der Waals surface area contributed by atoms with Crippen molar-refractivity contribution < 1.29 is 0 Å². The van der Waals surface area contributed by atoms with E-state index < -0.39 is 0 Å². The lowest BCUT2D eigenvalue weighted by atomic mass is 9.96. The number of nitrogens with one attached hydrogen (secondary N) is 2. The van der Waals surface area contributed by atoms with Crippen LogP contribution >= 0.6 is 11.3 Å². The van der Waals surface area contributed by atoms with Crippen molar-refractivity contribution in [1.82, 2.24) is 9.97 Å². The van der Waals surface area contributed by atoms with Crippen molar-refractivity contribution in [3.05, 3.63) is 46.6 Å². The first-order valence-corrected chi connectivity index (χ1v) is 10.8. The van der Waals surface area contributed by atoms with Gasteiger partial charge >= 0.3 is 0 Å². The zero-order chi connectivity index (χ0) is 19.5. The molecule has 28 heavy (non-hydrogen) atoms. The van der Waals surface area contributed by atoms with E-state index in [0.29, 0.717) is 6.04 Å². The zero-order valence-corrected chi connectivity index (χ0v) is 17.6. The molecular weight excluding hydrogens is 366 g/mol. The van der Waals surface area contributed by atoms with Gasteiger partial charge in [0.2, 0.25) is 5.96 Å². The number of benzene rings is 1. The highest BCUT2D eigenvalue weighted by Gasteiger charge is 2.15. The molecule has 2 N–H and O–H groups in total. The number of rotatable bonds is 3. The fraction of sp³-hybridized carbons (Fsp3) is 0.409. The van der Waals surface area contributed by atoms with Crippen LogP contribution < -0.4 is 10.6 Å². The highest BCUT2D eigenvalue weighted by atomic mass is 32.1. The molecular formula is C22H27N5S. The summed E-state index contributed by atoms with van der Waals surface area (Å²) in [6, 6.07) is 10.7. The van der Waals surface area contributed by atoms with E-state index in [1.54, 1.807) is 11.3 Å². The minimum atomic E-state index is 0.361. The van der Waals surface area contributed by atoms with Gasteiger partial charge in [0.25, 0.3) is 0 Å². The summed E-state index contributed by atoms with van der Waals surface area (Å²) < 4.78 is 0. The summed E-state index contributed by atoms with van der Waals surface area (Å²) in [6.07, 6.45) is 6.14. The Morgan fingerprint density at radius 3 is 2.57 bits per heavy atom. The largest absolute Gasteiger partial charge is 0.325 e. The van der Waals surface area contributed by atoms with E-state index in [9.17, 15) is 0 Å². The first-order chi connectivity index (χ1) is 13.6. The van der Waals surface area contributed by atoms with Gasteiger partial charge in [-0.25, -0.2) is 9.98 Å². The molecule has 1 fully saturated rings. The van der Waals surface area contributed by atoms with Crippen molar-refractivity contribution in [3.8, 4) is 0 Å². The third-order valence-corrected chi connectivity index (χ3v) is 6.23. The number of anilines is 2. The van der Waals surface area contributed by atoms with Gasteiger partial charge in [-0.05, 0) is 45.7 Å². The fourth-order valence-electron chi connectivity index (χ4n) is 3.65. The van der Waals surface area contributed by atoms with E-state index in [1.807, 2.05) is 32.0 Å². The maximum absolute atomic E-state index is 5.04. The minimum absolute atomic E-state index is 0.361. The van der Waals surface area contributed by atoms with E-state index in [-0.39, 0.29) is 0 Å². The lowest BCUT2D eigenvalue weighted by Crippen LogP contribution is -2.25. The van der Waals surface area contributed by atoms with Crippen molar-refractivity contribution in [2.75, 3.05) is 10.6 Å². The van der Waals surface area contributed by atoms with Crippen molar-refractivity contribution in [2.24, 2.45) is 4.99 Å². The molecule has 3 aromatic rings. The first-order valence-electron chi connectivity index (χ1n) is 10.0. The van der Waals surface area contributed by atoms with Crippen LogP contribution in [0.2, 0.25) is 0 Å². The number of hydrogen-bond donors (Lipinski definition) is 2. The number of nitrogens with zero attached hydrogens (tertiary/aromatic N) is 3. The number of aromatic nitrogens is 2. The van der Waals surface area contributed by atoms with Crippen LogP contribution in [0.1, 0.15) is 48.4 Å². The predicted octanol–water partition coefficient (Wildman–Crippen LogP) is 5.83. The predicted molar refractivity (Wildman–Crippen MR) is 120 cm³/mol. The molecule has 4 rings (SSSR count). The Kier molecular flexibility index (Phi) is 5.57. The third kappa shape index (κ3) is 4.33. The maximum atomic E-state index is 5.04. The third-order valence-electron chi connectivity index (χ3n) is 5.24. The summed E-state index contributed by atoms with van der Waals surface area (Å²) in [4.78, 5) is 15.6. The summed E-state index contributed by atoms with van der Waals surface area (Å²) in [5.74, 6) is 0.774.